The lowest BCUT2D eigenvalue weighted by atomic mass is 10.0. The van der Waals surface area contributed by atoms with Crippen LogP contribution >= 0.6 is 39.1 Å². The summed E-state index contributed by atoms with van der Waals surface area (Å²) in [7, 11) is 0. The zero-order chi connectivity index (χ0) is 34.5. The van der Waals surface area contributed by atoms with E-state index in [9.17, 15) is 24.3 Å². The number of unbranched alkanes of at least 4 members (excludes halogenated alkanes) is 8. The predicted octanol–water partition coefficient (Wildman–Crippen LogP) is 10.4. The number of amides is 2. The van der Waals surface area contributed by atoms with Gasteiger partial charge < -0.3 is 14.6 Å². The standard InChI is InChI=1S/C35H54BrCl2NO7/c1-5-7-9-11-13-17-27(23-21-25(3)37)45-34(43)29-19-15-16-20-30(29)39(32(40)31(36)33(41)42)35(44)46-28(24-22-26(4)38)18-14-12-10-8-6-2/h15-16,19-20,25-28,31H,5-14,17-18,21-24H2,1-4H3,(H,41,42). The van der Waals surface area contributed by atoms with Gasteiger partial charge in [-0.2, -0.15) is 0 Å². The summed E-state index contributed by atoms with van der Waals surface area (Å²) < 4.78 is 11.8. The number of carbonyl (C=O) groups is 4. The molecule has 2 amide bonds. The number of carbonyl (C=O) groups excluding carboxylic acids is 3. The minimum atomic E-state index is -1.75. The van der Waals surface area contributed by atoms with Crippen molar-refractivity contribution in [3.63, 3.8) is 0 Å². The van der Waals surface area contributed by atoms with E-state index >= 15 is 0 Å². The first-order valence-electron chi connectivity index (χ1n) is 16.9. The summed E-state index contributed by atoms with van der Waals surface area (Å²) in [6.07, 6.45) is 11.9. The fraction of sp³-hybridized carbons (Fsp3) is 0.714. The van der Waals surface area contributed by atoms with Gasteiger partial charge in [-0.05, 0) is 77.3 Å². The number of carboxylic acids is 1. The molecule has 1 N–H and O–H groups in total. The van der Waals surface area contributed by atoms with Gasteiger partial charge in [0.1, 0.15) is 12.2 Å². The van der Waals surface area contributed by atoms with Crippen molar-refractivity contribution in [2.45, 2.75) is 158 Å². The summed E-state index contributed by atoms with van der Waals surface area (Å²) >= 11 is 15.3. The lowest BCUT2D eigenvalue weighted by Gasteiger charge is -2.27. The minimum absolute atomic E-state index is 0.0433. The average Bonchev–Trinajstić information content (AvgIpc) is 3.01. The molecule has 5 unspecified atom stereocenters. The number of benzene rings is 1. The number of hydrogen-bond donors (Lipinski definition) is 1. The Kier molecular flexibility index (Phi) is 22.3. The van der Waals surface area contributed by atoms with Crippen molar-refractivity contribution in [1.29, 1.82) is 0 Å². The molecule has 0 fully saturated rings. The number of imide groups is 1. The highest BCUT2D eigenvalue weighted by molar-refractivity contribution is 9.10. The number of anilines is 1. The monoisotopic (exact) mass is 749 g/mol. The Morgan fingerprint density at radius 3 is 1.70 bits per heavy atom. The van der Waals surface area contributed by atoms with Gasteiger partial charge in [-0.1, -0.05) is 93.3 Å². The van der Waals surface area contributed by atoms with Crippen molar-refractivity contribution < 1.29 is 33.8 Å². The molecule has 1 rings (SSSR count). The van der Waals surface area contributed by atoms with E-state index in [0.717, 1.165) is 64.2 Å². The smallest absolute Gasteiger partial charge is 0.421 e. The van der Waals surface area contributed by atoms with E-state index in [2.05, 4.69) is 29.8 Å². The fourth-order valence-electron chi connectivity index (χ4n) is 5.08. The summed E-state index contributed by atoms with van der Waals surface area (Å²) in [6, 6.07) is 6.03. The normalized spacial score (nSPS) is 14.5. The molecule has 8 nitrogen and oxygen atoms in total. The molecule has 46 heavy (non-hydrogen) atoms. The van der Waals surface area contributed by atoms with Gasteiger partial charge in [-0.15, -0.1) is 23.2 Å². The van der Waals surface area contributed by atoms with Crippen LogP contribution in [0.5, 0.6) is 0 Å². The van der Waals surface area contributed by atoms with Gasteiger partial charge in [-0.3, -0.25) is 9.59 Å². The molecule has 262 valence electrons. The van der Waals surface area contributed by atoms with Gasteiger partial charge in [0.25, 0.3) is 5.91 Å². The van der Waals surface area contributed by atoms with Crippen molar-refractivity contribution in [1.82, 2.24) is 0 Å². The first kappa shape index (κ1) is 42.2. The molecule has 0 saturated heterocycles. The van der Waals surface area contributed by atoms with E-state index in [1.165, 1.54) is 12.1 Å². The second-order valence-corrected chi connectivity index (χ2v) is 14.5. The third-order valence-corrected chi connectivity index (χ3v) is 8.99. The van der Waals surface area contributed by atoms with E-state index in [-0.39, 0.29) is 22.0 Å². The van der Waals surface area contributed by atoms with Crippen molar-refractivity contribution >= 4 is 68.8 Å². The molecule has 0 aromatic heterocycles. The molecule has 1 aromatic rings. The Balaban J connectivity index is 3.35. The van der Waals surface area contributed by atoms with Gasteiger partial charge in [-0.25, -0.2) is 14.5 Å². The number of hydrogen-bond acceptors (Lipinski definition) is 6. The van der Waals surface area contributed by atoms with Crippen LogP contribution < -0.4 is 4.90 Å². The van der Waals surface area contributed by atoms with E-state index in [1.807, 2.05) is 13.8 Å². The van der Waals surface area contributed by atoms with Crippen molar-refractivity contribution in [3.05, 3.63) is 29.8 Å². The van der Waals surface area contributed by atoms with E-state index < -0.39 is 41.0 Å². The molecular formula is C35H54BrCl2NO7. The molecule has 1 aromatic carbocycles. The maximum atomic E-state index is 13.8. The minimum Gasteiger partial charge on any atom is -0.480 e. The fourth-order valence-corrected chi connectivity index (χ4v) is 5.54. The topological polar surface area (TPSA) is 110 Å². The van der Waals surface area contributed by atoms with Crippen molar-refractivity contribution in [2.24, 2.45) is 0 Å². The highest BCUT2D eigenvalue weighted by Gasteiger charge is 2.37. The molecule has 0 heterocycles. The predicted molar refractivity (Wildman–Crippen MR) is 190 cm³/mol. The van der Waals surface area contributed by atoms with Gasteiger partial charge in [0.2, 0.25) is 0 Å². The number of nitrogens with zero attached hydrogens (tertiary/aromatic N) is 1. The number of rotatable bonds is 24. The quantitative estimate of drug-likeness (QED) is 0.0485. The number of esters is 1. The first-order valence-corrected chi connectivity index (χ1v) is 18.7. The molecule has 11 heteroatoms. The van der Waals surface area contributed by atoms with E-state index in [4.69, 9.17) is 32.7 Å². The number of para-hydroxylation sites is 1. The number of halogens is 3. The van der Waals surface area contributed by atoms with Crippen LogP contribution in [0, 0.1) is 0 Å². The summed E-state index contributed by atoms with van der Waals surface area (Å²) in [5.74, 6) is -3.29. The lowest BCUT2D eigenvalue weighted by molar-refractivity contribution is -0.139. The van der Waals surface area contributed by atoms with Crippen LogP contribution in [0.4, 0.5) is 10.5 Å². The number of carboxylic acid groups (broad SMARTS) is 1. The van der Waals surface area contributed by atoms with Crippen LogP contribution in [-0.2, 0) is 19.1 Å². The molecule has 5 atom stereocenters. The average molecular weight is 752 g/mol. The van der Waals surface area contributed by atoms with Crippen LogP contribution in [-0.4, -0.2) is 56.8 Å². The lowest BCUT2D eigenvalue weighted by Crippen LogP contribution is -2.46. The molecule has 0 aliphatic heterocycles. The first-order chi connectivity index (χ1) is 21.9. The van der Waals surface area contributed by atoms with Gasteiger partial charge in [0.05, 0.1) is 11.3 Å². The van der Waals surface area contributed by atoms with E-state index in [1.54, 1.807) is 12.1 Å². The zero-order valence-corrected chi connectivity index (χ0v) is 31.1. The Labute approximate surface area is 294 Å². The zero-order valence-electron chi connectivity index (χ0n) is 28.0. The Morgan fingerprint density at radius 1 is 0.739 bits per heavy atom. The third kappa shape index (κ3) is 16.8. The molecule has 0 aliphatic rings. The van der Waals surface area contributed by atoms with Gasteiger partial charge >= 0.3 is 18.0 Å². The maximum absolute atomic E-state index is 13.8. The number of alkyl halides is 3. The SMILES string of the molecule is CCCCCCCC(CCC(C)Cl)OC(=O)c1ccccc1N(C(=O)OC(CCCCCCC)CCC(C)Cl)C(=O)C(Br)C(=O)O. The van der Waals surface area contributed by atoms with Gasteiger partial charge in [0, 0.05) is 10.8 Å². The molecule has 0 radical (unpaired) electrons. The highest BCUT2D eigenvalue weighted by atomic mass is 79.9. The number of ether oxygens (including phenoxy) is 2. The molecule has 0 bridgehead atoms. The Bertz CT molecular complexity index is 1060. The van der Waals surface area contributed by atoms with Crippen LogP contribution in [0.1, 0.15) is 141 Å². The Morgan fingerprint density at radius 2 is 1.22 bits per heavy atom. The second-order valence-electron chi connectivity index (χ2n) is 12.0. The van der Waals surface area contributed by atoms with Crippen molar-refractivity contribution in [3.8, 4) is 0 Å². The molecule has 0 spiro atoms. The largest absolute Gasteiger partial charge is 0.480 e. The van der Waals surface area contributed by atoms with E-state index in [0.29, 0.717) is 43.4 Å². The summed E-state index contributed by atoms with van der Waals surface area (Å²) in [4.78, 5) is 51.6. The summed E-state index contributed by atoms with van der Waals surface area (Å²) in [5, 5.41) is 9.38. The summed E-state index contributed by atoms with van der Waals surface area (Å²) in [6.45, 7) is 8.03. The molecule has 0 aliphatic carbocycles. The Hall–Kier alpha value is -1.84. The van der Waals surface area contributed by atoms with Crippen LogP contribution in [0.25, 0.3) is 0 Å². The molecular weight excluding hydrogens is 697 g/mol. The summed E-state index contributed by atoms with van der Waals surface area (Å²) in [5.41, 5.74) is -0.147. The number of aliphatic carboxylic acids is 1. The molecule has 0 saturated carbocycles. The van der Waals surface area contributed by atoms with Crippen LogP contribution in [0.15, 0.2) is 24.3 Å². The maximum Gasteiger partial charge on any atom is 0.421 e. The van der Waals surface area contributed by atoms with Crippen LogP contribution in [0.2, 0.25) is 0 Å². The van der Waals surface area contributed by atoms with Gasteiger partial charge in [0.15, 0.2) is 4.83 Å². The third-order valence-electron chi connectivity index (χ3n) is 7.77. The highest BCUT2D eigenvalue weighted by Crippen LogP contribution is 2.28. The van der Waals surface area contributed by atoms with Crippen molar-refractivity contribution in [2.75, 3.05) is 4.90 Å². The second kappa shape index (κ2) is 24.3. The van der Waals surface area contributed by atoms with Crippen LogP contribution in [0.3, 0.4) is 0 Å².